The van der Waals surface area contributed by atoms with Crippen molar-refractivity contribution >= 4 is 21.6 Å². The molecular formula is C12H17ClN2O2S. The highest BCUT2D eigenvalue weighted by atomic mass is 35.5. The Labute approximate surface area is 113 Å². The standard InChI is InChI=1S/C12H17ClN2O2S/c1-3-14-9-11-4-6-12(7-5-11)18(16,17)15-8-10(2)13/h4-7,14-15H,2-3,8-9H2,1H3. The van der Waals surface area contributed by atoms with Crippen molar-refractivity contribution < 1.29 is 8.42 Å². The normalized spacial score (nSPS) is 11.4. The van der Waals surface area contributed by atoms with Crippen molar-refractivity contribution in [3.8, 4) is 0 Å². The molecule has 0 amide bonds. The van der Waals surface area contributed by atoms with Crippen molar-refractivity contribution in [3.05, 3.63) is 41.4 Å². The van der Waals surface area contributed by atoms with Crippen LogP contribution in [0.4, 0.5) is 0 Å². The molecule has 0 atom stereocenters. The molecule has 0 aromatic heterocycles. The zero-order valence-electron chi connectivity index (χ0n) is 10.2. The van der Waals surface area contributed by atoms with Crippen LogP contribution in [0.1, 0.15) is 12.5 Å². The van der Waals surface area contributed by atoms with E-state index in [2.05, 4.69) is 16.6 Å². The molecular weight excluding hydrogens is 272 g/mol. The molecule has 0 saturated heterocycles. The van der Waals surface area contributed by atoms with Gasteiger partial charge in [0.1, 0.15) is 0 Å². The van der Waals surface area contributed by atoms with Crippen LogP contribution >= 0.6 is 11.6 Å². The maximum absolute atomic E-state index is 11.8. The first-order valence-electron chi connectivity index (χ1n) is 5.58. The Morgan fingerprint density at radius 2 is 1.94 bits per heavy atom. The van der Waals surface area contributed by atoms with Gasteiger partial charge in [0.15, 0.2) is 0 Å². The van der Waals surface area contributed by atoms with E-state index in [-0.39, 0.29) is 16.5 Å². The monoisotopic (exact) mass is 288 g/mol. The largest absolute Gasteiger partial charge is 0.313 e. The van der Waals surface area contributed by atoms with Gasteiger partial charge in [0.2, 0.25) is 10.0 Å². The van der Waals surface area contributed by atoms with Crippen LogP contribution in [-0.2, 0) is 16.6 Å². The van der Waals surface area contributed by atoms with Crippen LogP contribution in [0.5, 0.6) is 0 Å². The zero-order chi connectivity index (χ0) is 13.6. The van der Waals surface area contributed by atoms with Gasteiger partial charge in [0.05, 0.1) is 4.90 Å². The molecule has 0 heterocycles. The molecule has 6 heteroatoms. The number of sulfonamides is 1. The third-order valence-corrected chi connectivity index (χ3v) is 3.82. The first-order valence-corrected chi connectivity index (χ1v) is 7.44. The minimum Gasteiger partial charge on any atom is -0.313 e. The van der Waals surface area contributed by atoms with Crippen molar-refractivity contribution in [2.75, 3.05) is 13.1 Å². The third kappa shape index (κ3) is 4.78. The highest BCUT2D eigenvalue weighted by Crippen LogP contribution is 2.11. The number of hydrogen-bond donors (Lipinski definition) is 2. The van der Waals surface area contributed by atoms with E-state index in [4.69, 9.17) is 11.6 Å². The van der Waals surface area contributed by atoms with E-state index in [9.17, 15) is 8.42 Å². The van der Waals surface area contributed by atoms with Crippen LogP contribution in [0.2, 0.25) is 0 Å². The lowest BCUT2D eigenvalue weighted by Crippen LogP contribution is -2.24. The van der Waals surface area contributed by atoms with Gasteiger partial charge in [-0.1, -0.05) is 37.2 Å². The van der Waals surface area contributed by atoms with Crippen LogP contribution in [0, 0.1) is 0 Å². The summed E-state index contributed by atoms with van der Waals surface area (Å²) in [6, 6.07) is 6.72. The second-order valence-corrected chi connectivity index (χ2v) is 6.07. The van der Waals surface area contributed by atoms with Gasteiger partial charge in [-0.3, -0.25) is 0 Å². The van der Waals surface area contributed by atoms with Crippen LogP contribution in [-0.4, -0.2) is 21.5 Å². The number of benzene rings is 1. The minimum absolute atomic E-state index is 0.0308. The molecule has 0 saturated carbocycles. The molecule has 0 aliphatic heterocycles. The second-order valence-electron chi connectivity index (χ2n) is 3.77. The van der Waals surface area contributed by atoms with Gasteiger partial charge in [-0.25, -0.2) is 13.1 Å². The lowest BCUT2D eigenvalue weighted by atomic mass is 10.2. The SMILES string of the molecule is C=C(Cl)CNS(=O)(=O)c1ccc(CNCC)cc1. The van der Waals surface area contributed by atoms with Gasteiger partial charge in [0, 0.05) is 18.1 Å². The van der Waals surface area contributed by atoms with Gasteiger partial charge in [-0.2, -0.15) is 0 Å². The Hall–Kier alpha value is -0.880. The molecule has 0 unspecified atom stereocenters. The van der Waals surface area contributed by atoms with Crippen LogP contribution in [0.3, 0.4) is 0 Å². The van der Waals surface area contributed by atoms with Crippen molar-refractivity contribution in [3.63, 3.8) is 0 Å². The van der Waals surface area contributed by atoms with Gasteiger partial charge < -0.3 is 5.32 Å². The van der Waals surface area contributed by atoms with E-state index in [1.807, 2.05) is 6.92 Å². The van der Waals surface area contributed by atoms with Gasteiger partial charge in [-0.15, -0.1) is 0 Å². The quantitative estimate of drug-likeness (QED) is 0.805. The Bertz CT molecular complexity index is 497. The fourth-order valence-corrected chi connectivity index (χ4v) is 2.48. The predicted octanol–water partition coefficient (Wildman–Crippen LogP) is 1.83. The maximum atomic E-state index is 11.8. The minimum atomic E-state index is -3.51. The van der Waals surface area contributed by atoms with E-state index in [0.29, 0.717) is 0 Å². The maximum Gasteiger partial charge on any atom is 0.240 e. The fraction of sp³-hybridized carbons (Fsp3) is 0.333. The summed E-state index contributed by atoms with van der Waals surface area (Å²) in [5.41, 5.74) is 1.04. The lowest BCUT2D eigenvalue weighted by molar-refractivity contribution is 0.585. The van der Waals surface area contributed by atoms with Crippen LogP contribution < -0.4 is 10.0 Å². The molecule has 0 spiro atoms. The molecule has 2 N–H and O–H groups in total. The van der Waals surface area contributed by atoms with Gasteiger partial charge >= 0.3 is 0 Å². The molecule has 1 aromatic rings. The summed E-state index contributed by atoms with van der Waals surface area (Å²) < 4.78 is 26.0. The van der Waals surface area contributed by atoms with E-state index < -0.39 is 10.0 Å². The van der Waals surface area contributed by atoms with E-state index in [0.717, 1.165) is 18.7 Å². The summed E-state index contributed by atoms with van der Waals surface area (Å²) in [7, 11) is -3.51. The van der Waals surface area contributed by atoms with Gasteiger partial charge in [-0.05, 0) is 24.2 Å². The summed E-state index contributed by atoms with van der Waals surface area (Å²) >= 11 is 5.52. The molecule has 1 aromatic carbocycles. The first-order chi connectivity index (χ1) is 8.45. The summed E-state index contributed by atoms with van der Waals surface area (Å²) in [4.78, 5) is 0.223. The number of halogens is 1. The number of rotatable bonds is 7. The van der Waals surface area contributed by atoms with Crippen molar-refractivity contribution in [1.82, 2.24) is 10.0 Å². The molecule has 100 valence electrons. The summed E-state index contributed by atoms with van der Waals surface area (Å²) in [5.74, 6) is 0. The third-order valence-electron chi connectivity index (χ3n) is 2.27. The Kier molecular flexibility index (Phi) is 5.81. The van der Waals surface area contributed by atoms with E-state index in [1.165, 1.54) is 0 Å². The number of hydrogen-bond acceptors (Lipinski definition) is 3. The molecule has 0 aliphatic carbocycles. The molecule has 4 nitrogen and oxygen atoms in total. The number of nitrogens with one attached hydrogen (secondary N) is 2. The Morgan fingerprint density at radius 3 is 2.44 bits per heavy atom. The highest BCUT2D eigenvalue weighted by molar-refractivity contribution is 7.89. The van der Waals surface area contributed by atoms with Crippen molar-refractivity contribution in [2.24, 2.45) is 0 Å². The lowest BCUT2D eigenvalue weighted by Gasteiger charge is -2.07. The molecule has 1 rings (SSSR count). The molecule has 0 bridgehead atoms. The van der Waals surface area contributed by atoms with Crippen LogP contribution in [0.15, 0.2) is 40.8 Å². The summed E-state index contributed by atoms with van der Waals surface area (Å²) in [6.45, 7) is 7.08. The average Bonchev–Trinajstić information content (AvgIpc) is 2.34. The van der Waals surface area contributed by atoms with Crippen LogP contribution in [0.25, 0.3) is 0 Å². The fourth-order valence-electron chi connectivity index (χ4n) is 1.31. The molecule has 0 radical (unpaired) electrons. The molecule has 0 fully saturated rings. The second kappa shape index (κ2) is 6.89. The topological polar surface area (TPSA) is 58.2 Å². The summed E-state index contributed by atoms with van der Waals surface area (Å²) in [5, 5.41) is 3.42. The summed E-state index contributed by atoms with van der Waals surface area (Å²) in [6.07, 6.45) is 0. The van der Waals surface area contributed by atoms with E-state index >= 15 is 0 Å². The van der Waals surface area contributed by atoms with E-state index in [1.54, 1.807) is 24.3 Å². The van der Waals surface area contributed by atoms with Gasteiger partial charge in [0.25, 0.3) is 0 Å². The Balaban J connectivity index is 2.74. The zero-order valence-corrected chi connectivity index (χ0v) is 11.8. The highest BCUT2D eigenvalue weighted by Gasteiger charge is 2.13. The molecule has 0 aliphatic rings. The van der Waals surface area contributed by atoms with Crippen molar-refractivity contribution in [1.29, 1.82) is 0 Å². The molecule has 18 heavy (non-hydrogen) atoms. The smallest absolute Gasteiger partial charge is 0.240 e. The van der Waals surface area contributed by atoms with Crippen molar-refractivity contribution in [2.45, 2.75) is 18.4 Å². The first kappa shape index (κ1) is 15.2. The Morgan fingerprint density at radius 1 is 1.33 bits per heavy atom. The predicted molar refractivity (Wildman–Crippen MR) is 74.0 cm³/mol. The average molecular weight is 289 g/mol.